The summed E-state index contributed by atoms with van der Waals surface area (Å²) in [6, 6.07) is 32.6. The van der Waals surface area contributed by atoms with Crippen molar-refractivity contribution >= 4 is 43.5 Å². The highest BCUT2D eigenvalue weighted by Gasteiger charge is 2.14. The largest absolute Gasteiger partial charge is 0.334 e. The van der Waals surface area contributed by atoms with Crippen molar-refractivity contribution < 1.29 is 0 Å². The van der Waals surface area contributed by atoms with E-state index < -0.39 is 0 Å². The fourth-order valence-electron chi connectivity index (χ4n) is 4.50. The van der Waals surface area contributed by atoms with E-state index >= 15 is 0 Å². The Morgan fingerprint density at radius 1 is 0.690 bits per heavy atom. The Kier molecular flexibility index (Phi) is 3.48. The average molecular weight is 372 g/mol. The van der Waals surface area contributed by atoms with Gasteiger partial charge in [-0.2, -0.15) is 0 Å². The summed E-state index contributed by atoms with van der Waals surface area (Å²) in [4.78, 5) is 4.93. The second-order valence-corrected chi connectivity index (χ2v) is 7.78. The molecule has 2 aromatic heterocycles. The fraction of sp³-hybridized carbons (Fsp3) is 0.0741. The van der Waals surface area contributed by atoms with E-state index in [4.69, 9.17) is 4.98 Å². The normalized spacial score (nSPS) is 11.8. The summed E-state index contributed by atoms with van der Waals surface area (Å²) in [5.74, 6) is 0. The average Bonchev–Trinajstić information content (AvgIpc) is 3.07. The zero-order chi connectivity index (χ0) is 19.4. The van der Waals surface area contributed by atoms with E-state index in [1.165, 1.54) is 43.5 Å². The van der Waals surface area contributed by atoms with Gasteiger partial charge in [0.1, 0.15) is 0 Å². The van der Waals surface area contributed by atoms with E-state index in [0.717, 1.165) is 17.8 Å². The highest BCUT2D eigenvalue weighted by Crippen LogP contribution is 2.35. The highest BCUT2D eigenvalue weighted by atomic mass is 15.0. The first kappa shape index (κ1) is 16.3. The topological polar surface area (TPSA) is 17.8 Å². The molecule has 0 N–H and O–H groups in total. The third-order valence-corrected chi connectivity index (χ3v) is 5.89. The number of aromatic nitrogens is 2. The predicted molar refractivity (Wildman–Crippen MR) is 123 cm³/mol. The van der Waals surface area contributed by atoms with E-state index in [1.807, 2.05) is 0 Å². The Morgan fingerprint density at radius 3 is 2.41 bits per heavy atom. The van der Waals surface area contributed by atoms with E-state index in [0.29, 0.717) is 0 Å². The number of pyridine rings is 1. The Morgan fingerprint density at radius 2 is 1.48 bits per heavy atom. The van der Waals surface area contributed by atoms with Gasteiger partial charge in [-0.05, 0) is 47.5 Å². The SMILES string of the molecule is Cc1ccc2c3c4ccccc4ccc3n(Cc3ccc4ccccc4n3)c2c1. The molecule has 0 aliphatic carbocycles. The van der Waals surface area contributed by atoms with Crippen molar-refractivity contribution in [2.24, 2.45) is 0 Å². The van der Waals surface area contributed by atoms with Crippen LogP contribution in [0.25, 0.3) is 43.5 Å². The maximum Gasteiger partial charge on any atom is 0.0706 e. The van der Waals surface area contributed by atoms with E-state index in [2.05, 4.69) is 102 Å². The summed E-state index contributed by atoms with van der Waals surface area (Å²) in [5, 5.41) is 6.41. The summed E-state index contributed by atoms with van der Waals surface area (Å²) in [7, 11) is 0. The first-order valence-corrected chi connectivity index (χ1v) is 10.0. The number of nitrogens with zero attached hydrogens (tertiary/aromatic N) is 2. The molecule has 4 aromatic carbocycles. The standard InChI is InChI=1S/C27H20N2/c1-18-10-14-23-26(16-18)29(17-21-13-11-20-7-3-5-9-24(20)28-21)25-15-12-19-6-2-4-8-22(19)27(23)25/h2-16H,17H2,1H3. The molecule has 0 saturated carbocycles. The predicted octanol–water partition coefficient (Wildman–Crippen LogP) is 6.85. The Hall–Kier alpha value is -3.65. The van der Waals surface area contributed by atoms with Gasteiger partial charge in [-0.25, -0.2) is 0 Å². The maximum absolute atomic E-state index is 4.93. The summed E-state index contributed by atoms with van der Waals surface area (Å²) in [5.41, 5.74) is 5.94. The lowest BCUT2D eigenvalue weighted by molar-refractivity contribution is 0.841. The number of para-hydroxylation sites is 1. The van der Waals surface area contributed by atoms with Crippen LogP contribution in [0.15, 0.2) is 91.0 Å². The molecule has 2 heterocycles. The number of benzene rings is 4. The van der Waals surface area contributed by atoms with Crippen LogP contribution in [0, 0.1) is 6.92 Å². The number of aryl methyl sites for hydroxylation is 1. The molecule has 0 amide bonds. The van der Waals surface area contributed by atoms with Crippen LogP contribution in [0.4, 0.5) is 0 Å². The first-order valence-electron chi connectivity index (χ1n) is 10.0. The molecule has 0 unspecified atom stereocenters. The van der Waals surface area contributed by atoms with Crippen LogP contribution in [0.1, 0.15) is 11.3 Å². The zero-order valence-electron chi connectivity index (χ0n) is 16.3. The van der Waals surface area contributed by atoms with Crippen LogP contribution in [0.2, 0.25) is 0 Å². The van der Waals surface area contributed by atoms with E-state index in [1.54, 1.807) is 0 Å². The maximum atomic E-state index is 4.93. The van der Waals surface area contributed by atoms with Gasteiger partial charge in [-0.1, -0.05) is 66.7 Å². The van der Waals surface area contributed by atoms with Gasteiger partial charge in [0, 0.05) is 21.7 Å². The summed E-state index contributed by atoms with van der Waals surface area (Å²) in [6.07, 6.45) is 0. The van der Waals surface area contributed by atoms with Crippen LogP contribution in [0.5, 0.6) is 0 Å². The molecule has 0 atom stereocenters. The van der Waals surface area contributed by atoms with Crippen molar-refractivity contribution in [3.63, 3.8) is 0 Å². The van der Waals surface area contributed by atoms with Gasteiger partial charge in [0.2, 0.25) is 0 Å². The van der Waals surface area contributed by atoms with Gasteiger partial charge in [0.25, 0.3) is 0 Å². The van der Waals surface area contributed by atoms with E-state index in [9.17, 15) is 0 Å². The third-order valence-electron chi connectivity index (χ3n) is 5.89. The molecule has 6 rings (SSSR count). The minimum atomic E-state index is 0.757. The third kappa shape index (κ3) is 2.53. The lowest BCUT2D eigenvalue weighted by Crippen LogP contribution is -2.02. The zero-order valence-corrected chi connectivity index (χ0v) is 16.3. The van der Waals surface area contributed by atoms with Gasteiger partial charge < -0.3 is 4.57 Å². The van der Waals surface area contributed by atoms with Crippen molar-refractivity contribution in [3.8, 4) is 0 Å². The Bertz CT molecular complexity index is 1540. The molecule has 0 fully saturated rings. The first-order chi connectivity index (χ1) is 14.3. The molecule has 0 aliphatic rings. The number of fused-ring (bicyclic) bond motifs is 6. The molecular weight excluding hydrogens is 352 g/mol. The van der Waals surface area contributed by atoms with Crippen LogP contribution >= 0.6 is 0 Å². The molecular formula is C27H20N2. The molecule has 29 heavy (non-hydrogen) atoms. The van der Waals surface area contributed by atoms with Gasteiger partial charge in [0.15, 0.2) is 0 Å². The van der Waals surface area contributed by atoms with Gasteiger partial charge >= 0.3 is 0 Å². The molecule has 0 spiro atoms. The minimum absolute atomic E-state index is 0.757. The quantitative estimate of drug-likeness (QED) is 0.325. The summed E-state index contributed by atoms with van der Waals surface area (Å²) in [6.45, 7) is 2.92. The molecule has 2 heteroatoms. The van der Waals surface area contributed by atoms with Crippen LogP contribution in [-0.4, -0.2) is 9.55 Å². The molecule has 0 bridgehead atoms. The Balaban J connectivity index is 1.65. The van der Waals surface area contributed by atoms with Crippen molar-refractivity contribution in [2.45, 2.75) is 13.5 Å². The smallest absolute Gasteiger partial charge is 0.0706 e. The van der Waals surface area contributed by atoms with Crippen molar-refractivity contribution in [3.05, 3.63) is 102 Å². The molecule has 6 aromatic rings. The van der Waals surface area contributed by atoms with Crippen LogP contribution in [-0.2, 0) is 6.54 Å². The molecule has 0 saturated heterocycles. The molecule has 0 aliphatic heterocycles. The molecule has 138 valence electrons. The van der Waals surface area contributed by atoms with Crippen LogP contribution < -0.4 is 0 Å². The number of hydrogen-bond donors (Lipinski definition) is 0. The van der Waals surface area contributed by atoms with Gasteiger partial charge in [0.05, 0.1) is 23.3 Å². The number of hydrogen-bond acceptors (Lipinski definition) is 1. The lowest BCUT2D eigenvalue weighted by atomic mass is 10.0. The van der Waals surface area contributed by atoms with E-state index in [-0.39, 0.29) is 0 Å². The van der Waals surface area contributed by atoms with Crippen molar-refractivity contribution in [1.82, 2.24) is 9.55 Å². The second-order valence-electron chi connectivity index (χ2n) is 7.78. The van der Waals surface area contributed by atoms with Crippen molar-refractivity contribution in [1.29, 1.82) is 0 Å². The van der Waals surface area contributed by atoms with Gasteiger partial charge in [-0.15, -0.1) is 0 Å². The minimum Gasteiger partial charge on any atom is -0.334 e. The number of rotatable bonds is 2. The fourth-order valence-corrected chi connectivity index (χ4v) is 4.50. The lowest BCUT2D eigenvalue weighted by Gasteiger charge is -2.09. The Labute approximate surface area is 169 Å². The summed E-state index contributed by atoms with van der Waals surface area (Å²) < 4.78 is 2.42. The second kappa shape index (κ2) is 6.18. The van der Waals surface area contributed by atoms with Crippen molar-refractivity contribution in [2.75, 3.05) is 0 Å². The van der Waals surface area contributed by atoms with Gasteiger partial charge in [-0.3, -0.25) is 4.98 Å². The summed E-state index contributed by atoms with van der Waals surface area (Å²) >= 11 is 0. The molecule has 0 radical (unpaired) electrons. The molecule has 2 nitrogen and oxygen atoms in total. The highest BCUT2D eigenvalue weighted by molar-refractivity contribution is 6.20. The monoisotopic (exact) mass is 372 g/mol. The van der Waals surface area contributed by atoms with Crippen LogP contribution in [0.3, 0.4) is 0 Å².